The molecule has 2 aliphatic heterocycles. The summed E-state index contributed by atoms with van der Waals surface area (Å²) in [6.45, 7) is 13.0. The number of guanidine groups is 1. The van der Waals surface area contributed by atoms with Gasteiger partial charge in [0.05, 0.1) is 6.10 Å². The fourth-order valence-electron chi connectivity index (χ4n) is 3.89. The number of halogens is 1. The van der Waals surface area contributed by atoms with Crippen molar-refractivity contribution in [2.45, 2.75) is 71.3 Å². The number of hydrogen-bond acceptors (Lipinski definition) is 3. The molecule has 2 saturated heterocycles. The monoisotopic (exact) mass is 480 g/mol. The van der Waals surface area contributed by atoms with Crippen LogP contribution in [0.5, 0.6) is 0 Å². The standard InChI is InChI=1S/C20H40N4O.HI/c1-3-21-20(24-17-11-19(12-18-24)25-4-2)22-13-7-5-8-14-23-15-9-6-10-16-23;/h19H,3-18H2,1-2H3,(H,21,22);1H. The van der Waals surface area contributed by atoms with Crippen molar-refractivity contribution in [3.63, 3.8) is 0 Å². The van der Waals surface area contributed by atoms with Gasteiger partial charge in [0.15, 0.2) is 5.96 Å². The van der Waals surface area contributed by atoms with E-state index in [2.05, 4.69) is 29.0 Å². The zero-order valence-corrected chi connectivity index (χ0v) is 19.4. The predicted octanol–water partition coefficient (Wildman–Crippen LogP) is 3.73. The van der Waals surface area contributed by atoms with Crippen LogP contribution in [0.25, 0.3) is 0 Å². The molecule has 0 aromatic carbocycles. The van der Waals surface area contributed by atoms with Crippen LogP contribution < -0.4 is 5.32 Å². The van der Waals surface area contributed by atoms with Gasteiger partial charge in [-0.05, 0) is 72.0 Å². The number of likely N-dealkylation sites (tertiary alicyclic amines) is 2. The fourth-order valence-corrected chi connectivity index (χ4v) is 3.89. The van der Waals surface area contributed by atoms with E-state index in [4.69, 9.17) is 9.73 Å². The van der Waals surface area contributed by atoms with Crippen LogP contribution >= 0.6 is 24.0 Å². The predicted molar refractivity (Wildman–Crippen MR) is 122 cm³/mol. The molecular formula is C20H41IN4O. The summed E-state index contributed by atoms with van der Waals surface area (Å²) in [4.78, 5) is 9.92. The highest BCUT2D eigenvalue weighted by Crippen LogP contribution is 2.14. The Bertz CT molecular complexity index is 367. The van der Waals surface area contributed by atoms with Crippen molar-refractivity contribution in [1.82, 2.24) is 15.1 Å². The van der Waals surface area contributed by atoms with E-state index >= 15 is 0 Å². The van der Waals surface area contributed by atoms with E-state index < -0.39 is 0 Å². The third kappa shape index (κ3) is 9.22. The van der Waals surface area contributed by atoms with Crippen molar-refractivity contribution in [2.75, 3.05) is 52.4 Å². The van der Waals surface area contributed by atoms with Gasteiger partial charge in [0.1, 0.15) is 0 Å². The van der Waals surface area contributed by atoms with Gasteiger partial charge in [0.25, 0.3) is 0 Å². The number of ether oxygens (including phenoxy) is 1. The van der Waals surface area contributed by atoms with Crippen LogP contribution in [0.3, 0.4) is 0 Å². The Morgan fingerprint density at radius 3 is 2.38 bits per heavy atom. The Hall–Kier alpha value is -0.0800. The molecule has 0 bridgehead atoms. The molecule has 5 nitrogen and oxygen atoms in total. The second-order valence-electron chi connectivity index (χ2n) is 7.34. The van der Waals surface area contributed by atoms with Crippen LogP contribution in [0.1, 0.15) is 65.2 Å². The zero-order valence-electron chi connectivity index (χ0n) is 17.0. The van der Waals surface area contributed by atoms with Gasteiger partial charge in [-0.1, -0.05) is 12.8 Å². The number of unbranched alkanes of at least 4 members (excludes halogenated alkanes) is 2. The topological polar surface area (TPSA) is 40.1 Å². The van der Waals surface area contributed by atoms with Gasteiger partial charge in [0, 0.05) is 32.8 Å². The van der Waals surface area contributed by atoms with Crippen LogP contribution in [0, 0.1) is 0 Å². The molecular weight excluding hydrogens is 439 g/mol. The summed E-state index contributed by atoms with van der Waals surface area (Å²) in [7, 11) is 0. The molecule has 0 aromatic rings. The number of piperidine rings is 2. The minimum atomic E-state index is 0. The molecule has 0 aromatic heterocycles. The maximum absolute atomic E-state index is 5.76. The maximum Gasteiger partial charge on any atom is 0.193 e. The first-order chi connectivity index (χ1) is 12.3. The molecule has 2 aliphatic rings. The normalized spacial score (nSPS) is 20.1. The SMILES string of the molecule is CCNC(=NCCCCCN1CCCCC1)N1CCC(OCC)CC1.I. The summed E-state index contributed by atoms with van der Waals surface area (Å²) in [5.74, 6) is 1.11. The molecule has 0 spiro atoms. The van der Waals surface area contributed by atoms with E-state index in [1.54, 1.807) is 0 Å². The smallest absolute Gasteiger partial charge is 0.193 e. The molecule has 2 heterocycles. The van der Waals surface area contributed by atoms with Crippen LogP contribution in [0.4, 0.5) is 0 Å². The number of nitrogens with one attached hydrogen (secondary N) is 1. The summed E-state index contributed by atoms with van der Waals surface area (Å²) < 4.78 is 5.76. The molecule has 0 unspecified atom stereocenters. The zero-order chi connectivity index (χ0) is 17.7. The van der Waals surface area contributed by atoms with Gasteiger partial charge in [0.2, 0.25) is 0 Å². The lowest BCUT2D eigenvalue weighted by molar-refractivity contribution is 0.0264. The van der Waals surface area contributed by atoms with Crippen molar-refractivity contribution in [3.05, 3.63) is 0 Å². The van der Waals surface area contributed by atoms with Crippen molar-refractivity contribution < 1.29 is 4.74 Å². The number of hydrogen-bond donors (Lipinski definition) is 1. The van der Waals surface area contributed by atoms with Crippen molar-refractivity contribution in [3.8, 4) is 0 Å². The van der Waals surface area contributed by atoms with Crippen molar-refractivity contribution >= 4 is 29.9 Å². The number of nitrogens with zero attached hydrogens (tertiary/aromatic N) is 3. The fraction of sp³-hybridized carbons (Fsp3) is 0.950. The lowest BCUT2D eigenvalue weighted by Gasteiger charge is -2.34. The molecule has 0 amide bonds. The lowest BCUT2D eigenvalue weighted by Crippen LogP contribution is -2.47. The average molecular weight is 480 g/mol. The van der Waals surface area contributed by atoms with E-state index in [0.717, 1.165) is 51.6 Å². The molecule has 0 aliphatic carbocycles. The van der Waals surface area contributed by atoms with E-state index in [9.17, 15) is 0 Å². The second-order valence-corrected chi connectivity index (χ2v) is 7.34. The number of aliphatic imine (C=N–C) groups is 1. The molecule has 1 N–H and O–H groups in total. The summed E-state index contributed by atoms with van der Waals surface area (Å²) in [6, 6.07) is 0. The Morgan fingerprint density at radius 1 is 1.00 bits per heavy atom. The number of rotatable bonds is 9. The van der Waals surface area contributed by atoms with E-state index in [0.29, 0.717) is 6.10 Å². The average Bonchev–Trinajstić information content (AvgIpc) is 2.65. The Kier molecular flexibility index (Phi) is 13.7. The van der Waals surface area contributed by atoms with Gasteiger partial charge in [-0.25, -0.2) is 0 Å². The molecule has 2 fully saturated rings. The molecule has 6 heteroatoms. The van der Waals surface area contributed by atoms with E-state index in [-0.39, 0.29) is 24.0 Å². The first-order valence-electron chi connectivity index (χ1n) is 10.7. The lowest BCUT2D eigenvalue weighted by atomic mass is 10.1. The molecule has 0 atom stereocenters. The van der Waals surface area contributed by atoms with E-state index in [1.807, 2.05) is 0 Å². The molecule has 154 valence electrons. The Labute approximate surface area is 178 Å². The highest BCUT2D eigenvalue weighted by atomic mass is 127. The van der Waals surface area contributed by atoms with Crippen molar-refractivity contribution in [1.29, 1.82) is 0 Å². The minimum Gasteiger partial charge on any atom is -0.378 e. The van der Waals surface area contributed by atoms with Gasteiger partial charge >= 0.3 is 0 Å². The van der Waals surface area contributed by atoms with Gasteiger partial charge in [-0.2, -0.15) is 0 Å². The second kappa shape index (κ2) is 14.9. The summed E-state index contributed by atoms with van der Waals surface area (Å²) in [5, 5.41) is 3.47. The third-order valence-electron chi connectivity index (χ3n) is 5.32. The van der Waals surface area contributed by atoms with Gasteiger partial charge in [-0.3, -0.25) is 4.99 Å². The van der Waals surface area contributed by atoms with Crippen LogP contribution in [-0.2, 0) is 4.74 Å². The van der Waals surface area contributed by atoms with Crippen LogP contribution in [-0.4, -0.2) is 74.3 Å². The summed E-state index contributed by atoms with van der Waals surface area (Å²) in [5.41, 5.74) is 0. The van der Waals surface area contributed by atoms with Gasteiger partial charge in [-0.15, -0.1) is 24.0 Å². The Balaban J connectivity index is 0.00000338. The third-order valence-corrected chi connectivity index (χ3v) is 5.32. The Morgan fingerprint density at radius 2 is 1.73 bits per heavy atom. The largest absolute Gasteiger partial charge is 0.378 e. The molecule has 26 heavy (non-hydrogen) atoms. The molecule has 2 rings (SSSR count). The van der Waals surface area contributed by atoms with Crippen molar-refractivity contribution in [2.24, 2.45) is 4.99 Å². The van der Waals surface area contributed by atoms with E-state index in [1.165, 1.54) is 58.2 Å². The minimum absolute atomic E-state index is 0. The molecule has 0 radical (unpaired) electrons. The van der Waals surface area contributed by atoms with Crippen LogP contribution in [0.2, 0.25) is 0 Å². The first-order valence-corrected chi connectivity index (χ1v) is 10.7. The summed E-state index contributed by atoms with van der Waals surface area (Å²) in [6.07, 6.45) is 10.7. The van der Waals surface area contributed by atoms with Gasteiger partial charge < -0.3 is 19.9 Å². The highest BCUT2D eigenvalue weighted by Gasteiger charge is 2.21. The quantitative estimate of drug-likeness (QED) is 0.236. The highest BCUT2D eigenvalue weighted by molar-refractivity contribution is 14.0. The van der Waals surface area contributed by atoms with Crippen LogP contribution in [0.15, 0.2) is 4.99 Å². The first kappa shape index (κ1) is 24.0. The maximum atomic E-state index is 5.76. The molecule has 0 saturated carbocycles. The summed E-state index contributed by atoms with van der Waals surface area (Å²) >= 11 is 0.